The van der Waals surface area contributed by atoms with Crippen molar-refractivity contribution in [2.24, 2.45) is 0 Å². The van der Waals surface area contributed by atoms with E-state index < -0.39 is 0 Å². The maximum atomic E-state index is 12.9. The fourth-order valence-corrected chi connectivity index (χ4v) is 10.7. The zero-order valence-corrected chi connectivity index (χ0v) is 15.6. The third kappa shape index (κ3) is 2.23. The number of benzene rings is 2. The van der Waals surface area contributed by atoms with E-state index in [0.29, 0.717) is 0 Å². The van der Waals surface area contributed by atoms with Crippen LogP contribution in [0.4, 0.5) is 0 Å². The van der Waals surface area contributed by atoms with Crippen molar-refractivity contribution in [1.82, 2.24) is 0 Å². The van der Waals surface area contributed by atoms with E-state index in [1.807, 2.05) is 48.5 Å². The van der Waals surface area contributed by atoms with Gasteiger partial charge in [0, 0.05) is 31.4 Å². The normalized spacial score (nSPS) is 30.8. The second-order valence-electron chi connectivity index (χ2n) is 5.92. The Bertz CT molecular complexity index is 794. The smallest absolute Gasteiger partial charge is 0.178 e. The first-order chi connectivity index (χ1) is 11.7. The van der Waals surface area contributed by atoms with Gasteiger partial charge in [-0.3, -0.25) is 9.59 Å². The van der Waals surface area contributed by atoms with Crippen molar-refractivity contribution in [2.45, 2.75) is 30.8 Å². The molecule has 3 heterocycles. The second-order valence-corrected chi connectivity index (χ2v) is 10.9. The molecule has 5 rings (SSSR count). The van der Waals surface area contributed by atoms with Crippen LogP contribution in [-0.2, 0) is 0 Å². The third-order valence-electron chi connectivity index (χ3n) is 4.53. The summed E-state index contributed by atoms with van der Waals surface area (Å²) in [6.45, 7) is 0. The minimum Gasteiger partial charge on any atom is -0.293 e. The largest absolute Gasteiger partial charge is 0.293 e. The fourth-order valence-electron chi connectivity index (χ4n) is 3.36. The van der Waals surface area contributed by atoms with Crippen LogP contribution in [-0.4, -0.2) is 32.6 Å². The van der Waals surface area contributed by atoms with Gasteiger partial charge >= 0.3 is 0 Å². The summed E-state index contributed by atoms with van der Waals surface area (Å²) in [6.07, 6.45) is 0. The van der Waals surface area contributed by atoms with Crippen molar-refractivity contribution < 1.29 is 9.59 Å². The van der Waals surface area contributed by atoms with Gasteiger partial charge in [-0.25, -0.2) is 0 Å². The van der Waals surface area contributed by atoms with Crippen LogP contribution < -0.4 is 0 Å². The fraction of sp³-hybridized carbons (Fsp3) is 0.222. The van der Waals surface area contributed by atoms with E-state index in [2.05, 4.69) is 0 Å². The number of hydrogen-bond donors (Lipinski definition) is 0. The van der Waals surface area contributed by atoms with Crippen LogP contribution in [0.3, 0.4) is 0 Å². The van der Waals surface area contributed by atoms with Crippen LogP contribution in [0.25, 0.3) is 0 Å². The quantitative estimate of drug-likeness (QED) is 0.601. The highest BCUT2D eigenvalue weighted by Crippen LogP contribution is 2.57. The molecule has 0 spiro atoms. The van der Waals surface area contributed by atoms with Crippen molar-refractivity contribution in [1.29, 1.82) is 0 Å². The van der Waals surface area contributed by atoms with E-state index in [1.54, 1.807) is 45.1 Å². The lowest BCUT2D eigenvalue weighted by Crippen LogP contribution is -2.50. The molecule has 4 atom stereocenters. The average Bonchev–Trinajstić information content (AvgIpc) is 2.62. The highest BCUT2D eigenvalue weighted by Gasteiger charge is 2.52. The van der Waals surface area contributed by atoms with Crippen molar-refractivity contribution in [3.63, 3.8) is 0 Å². The molecule has 0 saturated carbocycles. The standard InChI is InChI=1S/C18H12O2S4/c19-13-9-5-1-3-7-11(9)21-17-15(13)23-24-16-14(20)10-6-2-4-8-12(10)22-18(16)17/h1-8,15-18H. The van der Waals surface area contributed by atoms with Gasteiger partial charge in [-0.15, -0.1) is 23.5 Å². The monoisotopic (exact) mass is 388 g/mol. The van der Waals surface area contributed by atoms with Crippen molar-refractivity contribution >= 4 is 56.7 Å². The Kier molecular flexibility index (Phi) is 3.77. The van der Waals surface area contributed by atoms with E-state index >= 15 is 0 Å². The summed E-state index contributed by atoms with van der Waals surface area (Å²) in [5, 5.41) is 0.153. The Hall–Kier alpha value is -0.820. The van der Waals surface area contributed by atoms with Gasteiger partial charge in [-0.2, -0.15) is 0 Å². The number of carbonyl (C=O) groups excluding carboxylic acids is 2. The maximum absolute atomic E-state index is 12.9. The molecule has 0 bridgehead atoms. The van der Waals surface area contributed by atoms with Gasteiger partial charge in [0.25, 0.3) is 0 Å². The number of ketones is 2. The summed E-state index contributed by atoms with van der Waals surface area (Å²) in [4.78, 5) is 27.9. The Labute approximate surface area is 156 Å². The minimum absolute atomic E-state index is 0.0679. The zero-order valence-electron chi connectivity index (χ0n) is 12.4. The van der Waals surface area contributed by atoms with Crippen molar-refractivity contribution in [2.75, 3.05) is 0 Å². The van der Waals surface area contributed by atoms with E-state index in [-0.39, 0.29) is 32.6 Å². The van der Waals surface area contributed by atoms with Crippen LogP contribution in [0.5, 0.6) is 0 Å². The molecule has 120 valence electrons. The first kappa shape index (κ1) is 15.4. The molecule has 2 aromatic rings. The van der Waals surface area contributed by atoms with E-state index in [4.69, 9.17) is 0 Å². The van der Waals surface area contributed by atoms with E-state index in [0.717, 1.165) is 20.9 Å². The molecule has 1 saturated heterocycles. The van der Waals surface area contributed by atoms with Crippen LogP contribution in [0.15, 0.2) is 58.3 Å². The van der Waals surface area contributed by atoms with Gasteiger partial charge < -0.3 is 0 Å². The summed E-state index contributed by atoms with van der Waals surface area (Å²) < 4.78 is 0. The predicted molar refractivity (Wildman–Crippen MR) is 104 cm³/mol. The molecular weight excluding hydrogens is 376 g/mol. The number of fused-ring (bicyclic) bond motifs is 5. The summed E-state index contributed by atoms with van der Waals surface area (Å²) >= 11 is 3.56. The molecule has 0 N–H and O–H groups in total. The van der Waals surface area contributed by atoms with Crippen LogP contribution in [0.2, 0.25) is 0 Å². The van der Waals surface area contributed by atoms with Crippen LogP contribution in [0.1, 0.15) is 20.7 Å². The Balaban J connectivity index is 1.57. The van der Waals surface area contributed by atoms with Gasteiger partial charge in [0.1, 0.15) is 0 Å². The molecule has 1 fully saturated rings. The summed E-state index contributed by atoms with van der Waals surface area (Å²) in [5.41, 5.74) is 1.67. The number of thioether (sulfide) groups is 2. The third-order valence-corrected chi connectivity index (χ3v) is 11.1. The molecule has 0 amide bonds. The van der Waals surface area contributed by atoms with Crippen molar-refractivity contribution in [3.05, 3.63) is 59.7 Å². The molecule has 0 radical (unpaired) electrons. The first-order valence-corrected chi connectivity index (χ1v) is 11.7. The van der Waals surface area contributed by atoms with Gasteiger partial charge in [-0.1, -0.05) is 58.0 Å². The lowest BCUT2D eigenvalue weighted by molar-refractivity contribution is 0.0959. The molecule has 3 aliphatic heterocycles. The highest BCUT2D eigenvalue weighted by molar-refractivity contribution is 8.77. The zero-order chi connectivity index (χ0) is 16.3. The number of hydrogen-bond acceptors (Lipinski definition) is 6. The molecule has 2 aromatic carbocycles. The van der Waals surface area contributed by atoms with E-state index in [9.17, 15) is 9.59 Å². The maximum Gasteiger partial charge on any atom is 0.178 e. The molecule has 0 aromatic heterocycles. The molecule has 0 aliphatic carbocycles. The molecule has 6 heteroatoms. The lowest BCUT2D eigenvalue weighted by atomic mass is 9.98. The van der Waals surface area contributed by atoms with Crippen LogP contribution >= 0.6 is 45.1 Å². The van der Waals surface area contributed by atoms with E-state index in [1.165, 1.54) is 0 Å². The lowest BCUT2D eigenvalue weighted by Gasteiger charge is -2.44. The minimum atomic E-state index is -0.0679. The Morgan fingerprint density at radius 2 is 1.04 bits per heavy atom. The number of Topliss-reactive ketones (excluding diaryl/α,β-unsaturated/α-hetero) is 2. The summed E-state index contributed by atoms with van der Waals surface area (Å²) in [6, 6.07) is 15.7. The molecule has 4 unspecified atom stereocenters. The first-order valence-electron chi connectivity index (χ1n) is 7.66. The predicted octanol–water partition coefficient (Wildman–Crippen LogP) is 4.83. The average molecular weight is 389 g/mol. The van der Waals surface area contributed by atoms with Gasteiger partial charge in [0.2, 0.25) is 0 Å². The topological polar surface area (TPSA) is 34.1 Å². The molecule has 2 nitrogen and oxygen atoms in total. The Morgan fingerprint density at radius 3 is 1.50 bits per heavy atom. The summed E-state index contributed by atoms with van der Waals surface area (Å²) in [5.74, 6) is 0.439. The SMILES string of the molecule is O=C1c2ccccc2SC2C1SSC1C(=O)c3ccccc3SC12. The highest BCUT2D eigenvalue weighted by atomic mass is 33.1. The van der Waals surface area contributed by atoms with Gasteiger partial charge in [0.05, 0.1) is 10.5 Å². The number of carbonyl (C=O) groups is 2. The molecule has 24 heavy (non-hydrogen) atoms. The van der Waals surface area contributed by atoms with Gasteiger partial charge in [-0.05, 0) is 12.1 Å². The van der Waals surface area contributed by atoms with Crippen LogP contribution in [0, 0.1) is 0 Å². The number of rotatable bonds is 0. The van der Waals surface area contributed by atoms with Gasteiger partial charge in [0.15, 0.2) is 11.6 Å². The summed E-state index contributed by atoms with van der Waals surface area (Å²) in [7, 11) is 3.19. The Morgan fingerprint density at radius 1 is 0.625 bits per heavy atom. The molecule has 3 aliphatic rings. The second kappa shape index (κ2) is 5.87. The van der Waals surface area contributed by atoms with Crippen molar-refractivity contribution in [3.8, 4) is 0 Å². The molecular formula is C18H12O2S4.